The van der Waals surface area contributed by atoms with E-state index in [1.165, 1.54) is 80.1 Å². The first-order valence-corrected chi connectivity index (χ1v) is 13.8. The minimum atomic E-state index is 0.787. The van der Waals surface area contributed by atoms with Crippen molar-refractivity contribution in [3.63, 3.8) is 0 Å². The molecule has 0 saturated heterocycles. The van der Waals surface area contributed by atoms with Gasteiger partial charge in [-0.2, -0.15) is 0 Å². The van der Waals surface area contributed by atoms with Gasteiger partial charge in [0.2, 0.25) is 0 Å². The summed E-state index contributed by atoms with van der Waals surface area (Å²) >= 11 is 0. The minimum Gasteiger partial charge on any atom is -0.0999 e. The van der Waals surface area contributed by atoms with Crippen LogP contribution >= 0.6 is 0 Å². The number of hydrogen-bond donors (Lipinski definition) is 0. The molecule has 192 valence electrons. The standard InChI is InChI=1S/C16H26.C10H20.C5H8.C2H6/c1-5-7-8-15(6-2)12-16-10-9-13(3)14(4)11-16;1-5-7-10(8-6-2)9(3)4;1-3-5-4-2;1-2/h9-11,15H,5-8,12H2,1-4H3;10H,3,5-8H2,1-2,4H3;3-5H,1H2,2H3;1-2H3/b;;5-4-;. The van der Waals surface area contributed by atoms with E-state index in [1.54, 1.807) is 6.08 Å². The topological polar surface area (TPSA) is 0 Å². The molecule has 0 heteroatoms. The van der Waals surface area contributed by atoms with Crippen molar-refractivity contribution in [3.8, 4) is 0 Å². The maximum atomic E-state index is 3.99. The van der Waals surface area contributed by atoms with Crippen LogP contribution in [0.1, 0.15) is 123 Å². The predicted molar refractivity (Wildman–Crippen MR) is 157 cm³/mol. The lowest BCUT2D eigenvalue weighted by atomic mass is 9.91. The Morgan fingerprint density at radius 3 is 1.82 bits per heavy atom. The van der Waals surface area contributed by atoms with Crippen LogP contribution in [0.25, 0.3) is 0 Å². The van der Waals surface area contributed by atoms with Gasteiger partial charge in [-0.25, -0.2) is 0 Å². The lowest BCUT2D eigenvalue weighted by molar-refractivity contribution is 0.449. The molecule has 33 heavy (non-hydrogen) atoms. The molecule has 0 bridgehead atoms. The Kier molecular flexibility index (Phi) is 29.1. The van der Waals surface area contributed by atoms with Crippen molar-refractivity contribution in [3.05, 3.63) is 71.8 Å². The van der Waals surface area contributed by atoms with Crippen molar-refractivity contribution >= 4 is 0 Å². The molecule has 0 N–H and O–H groups in total. The average molecular weight is 457 g/mol. The second kappa shape index (κ2) is 26.7. The van der Waals surface area contributed by atoms with E-state index in [-0.39, 0.29) is 0 Å². The van der Waals surface area contributed by atoms with E-state index in [2.05, 4.69) is 79.8 Å². The summed E-state index contributed by atoms with van der Waals surface area (Å²) in [5.41, 5.74) is 5.72. The van der Waals surface area contributed by atoms with Gasteiger partial charge in [0, 0.05) is 0 Å². The summed E-state index contributed by atoms with van der Waals surface area (Å²) in [6, 6.07) is 6.93. The van der Waals surface area contributed by atoms with Crippen molar-refractivity contribution in [2.24, 2.45) is 11.8 Å². The van der Waals surface area contributed by atoms with Crippen molar-refractivity contribution in [1.82, 2.24) is 0 Å². The fourth-order valence-electron chi connectivity index (χ4n) is 3.68. The van der Waals surface area contributed by atoms with E-state index in [4.69, 9.17) is 0 Å². The molecule has 0 aliphatic carbocycles. The van der Waals surface area contributed by atoms with E-state index in [1.807, 2.05) is 32.9 Å². The third-order valence-corrected chi connectivity index (χ3v) is 5.94. The molecule has 1 rings (SSSR count). The van der Waals surface area contributed by atoms with Crippen LogP contribution in [0.3, 0.4) is 0 Å². The summed E-state index contributed by atoms with van der Waals surface area (Å²) in [7, 11) is 0. The number of benzene rings is 1. The molecule has 1 aromatic rings. The molecule has 0 heterocycles. The van der Waals surface area contributed by atoms with Gasteiger partial charge < -0.3 is 0 Å². The Morgan fingerprint density at radius 1 is 0.909 bits per heavy atom. The largest absolute Gasteiger partial charge is 0.0999 e. The van der Waals surface area contributed by atoms with Crippen LogP contribution < -0.4 is 0 Å². The van der Waals surface area contributed by atoms with Gasteiger partial charge in [-0.1, -0.05) is 135 Å². The molecule has 1 unspecified atom stereocenters. The Balaban J connectivity index is -0.000000452. The summed E-state index contributed by atoms with van der Waals surface area (Å²) in [5, 5.41) is 0. The van der Waals surface area contributed by atoms with Crippen LogP contribution in [0, 0.1) is 25.7 Å². The van der Waals surface area contributed by atoms with Gasteiger partial charge in [-0.15, -0.1) is 0 Å². The van der Waals surface area contributed by atoms with Gasteiger partial charge in [-0.3, -0.25) is 0 Å². The molecular formula is C33H60. The molecule has 1 aromatic carbocycles. The highest BCUT2D eigenvalue weighted by Gasteiger charge is 2.07. The monoisotopic (exact) mass is 456 g/mol. The van der Waals surface area contributed by atoms with Crippen molar-refractivity contribution in [1.29, 1.82) is 0 Å². The molecule has 0 aromatic heterocycles. The lowest BCUT2D eigenvalue weighted by Crippen LogP contribution is -2.03. The zero-order valence-corrected chi connectivity index (χ0v) is 24.4. The van der Waals surface area contributed by atoms with Crippen LogP contribution in [0.4, 0.5) is 0 Å². The van der Waals surface area contributed by atoms with Gasteiger partial charge in [-0.05, 0) is 75.5 Å². The minimum absolute atomic E-state index is 0.787. The molecule has 0 saturated carbocycles. The van der Waals surface area contributed by atoms with Crippen LogP contribution in [0.5, 0.6) is 0 Å². The SMILES string of the molecule is C=C(C)C(CCC)CCC.C=C/C=C\C.CC.CCCCC(CC)Cc1ccc(C)c(C)c1. The van der Waals surface area contributed by atoms with E-state index in [0.717, 1.165) is 11.8 Å². The van der Waals surface area contributed by atoms with E-state index in [0.29, 0.717) is 0 Å². The van der Waals surface area contributed by atoms with Crippen LogP contribution in [0.15, 0.2) is 55.2 Å². The smallest absolute Gasteiger partial charge is 0.0209 e. The van der Waals surface area contributed by atoms with E-state index in [9.17, 15) is 0 Å². The highest BCUT2D eigenvalue weighted by molar-refractivity contribution is 5.30. The van der Waals surface area contributed by atoms with Gasteiger partial charge in [0.25, 0.3) is 0 Å². The summed E-state index contributed by atoms with van der Waals surface area (Å²) in [5.74, 6) is 1.66. The van der Waals surface area contributed by atoms with Crippen LogP contribution in [-0.2, 0) is 6.42 Å². The Labute approximate surface area is 210 Å². The number of allylic oxidation sites excluding steroid dienone is 4. The second-order valence-electron chi connectivity index (χ2n) is 8.92. The maximum absolute atomic E-state index is 3.99. The van der Waals surface area contributed by atoms with Gasteiger partial charge >= 0.3 is 0 Å². The Morgan fingerprint density at radius 2 is 1.48 bits per heavy atom. The van der Waals surface area contributed by atoms with Crippen LogP contribution in [0.2, 0.25) is 0 Å². The molecule has 0 spiro atoms. The first-order valence-electron chi connectivity index (χ1n) is 13.8. The number of rotatable bonds is 12. The molecule has 1 atom stereocenters. The fourth-order valence-corrected chi connectivity index (χ4v) is 3.68. The van der Waals surface area contributed by atoms with Crippen molar-refractivity contribution in [2.75, 3.05) is 0 Å². The van der Waals surface area contributed by atoms with E-state index < -0.39 is 0 Å². The summed E-state index contributed by atoms with van der Waals surface area (Å²) in [6.07, 6.45) is 17.5. The van der Waals surface area contributed by atoms with Crippen molar-refractivity contribution in [2.45, 2.75) is 127 Å². The van der Waals surface area contributed by atoms with Crippen molar-refractivity contribution < 1.29 is 0 Å². The Hall–Kier alpha value is -1.56. The number of hydrogen-bond acceptors (Lipinski definition) is 0. The van der Waals surface area contributed by atoms with E-state index >= 15 is 0 Å². The first kappa shape index (κ1) is 36.0. The second-order valence-corrected chi connectivity index (χ2v) is 8.92. The highest BCUT2D eigenvalue weighted by atomic mass is 14.1. The Bertz CT molecular complexity index is 584. The number of aryl methyl sites for hydroxylation is 2. The summed E-state index contributed by atoms with van der Waals surface area (Å²) < 4.78 is 0. The fraction of sp³-hybridized carbons (Fsp3) is 0.636. The molecule has 0 aliphatic heterocycles. The van der Waals surface area contributed by atoms with Gasteiger partial charge in [0.05, 0.1) is 0 Å². The molecule has 0 aliphatic rings. The third-order valence-electron chi connectivity index (χ3n) is 5.94. The average Bonchev–Trinajstić information content (AvgIpc) is 2.81. The summed E-state index contributed by atoms with van der Waals surface area (Å²) in [4.78, 5) is 0. The molecule has 0 nitrogen and oxygen atoms in total. The van der Waals surface area contributed by atoms with Gasteiger partial charge in [0.1, 0.15) is 0 Å². The zero-order valence-electron chi connectivity index (χ0n) is 24.4. The first-order chi connectivity index (χ1) is 15.8. The zero-order chi connectivity index (χ0) is 26.1. The highest BCUT2D eigenvalue weighted by Crippen LogP contribution is 2.21. The predicted octanol–water partition coefficient (Wildman–Crippen LogP) is 11.6. The molecule has 0 radical (unpaired) electrons. The normalized spacial score (nSPS) is 10.9. The van der Waals surface area contributed by atoms with Gasteiger partial charge in [0.15, 0.2) is 0 Å². The van der Waals surface area contributed by atoms with Crippen LogP contribution in [-0.4, -0.2) is 0 Å². The summed E-state index contributed by atoms with van der Waals surface area (Å²) in [6.45, 7) is 29.1. The third kappa shape index (κ3) is 22.0. The lowest BCUT2D eigenvalue weighted by Gasteiger charge is -2.15. The maximum Gasteiger partial charge on any atom is -0.0209 e. The molecular weight excluding hydrogens is 396 g/mol. The molecule has 0 fully saturated rings. The quantitative estimate of drug-likeness (QED) is 0.217. The molecule has 0 amide bonds. The number of unbranched alkanes of at least 4 members (excludes halogenated alkanes) is 1.